The second-order valence-electron chi connectivity index (χ2n) is 17.5. The molecule has 0 aromatic heterocycles. The van der Waals surface area contributed by atoms with Gasteiger partial charge >= 0.3 is 6.03 Å². The Labute approximate surface area is 310 Å². The Balaban J connectivity index is 1.27. The number of benzene rings is 3. The summed E-state index contributed by atoms with van der Waals surface area (Å²) in [5.74, 6) is 1.60. The van der Waals surface area contributed by atoms with Crippen molar-refractivity contribution in [3.63, 3.8) is 0 Å². The van der Waals surface area contributed by atoms with Crippen molar-refractivity contribution < 1.29 is 19.8 Å². The molecule has 0 saturated heterocycles. The van der Waals surface area contributed by atoms with Crippen LogP contribution in [-0.2, 0) is 6.42 Å². The number of carbonyl (C=O) groups excluding carboxylic acids is 2. The largest absolute Gasteiger partial charge is 0.393 e. The zero-order valence-electron chi connectivity index (χ0n) is 31.6. The highest BCUT2D eigenvalue weighted by molar-refractivity contribution is 6.10. The standard InChI is InChI=1S/C46H58N2O4/c1-31-12-11-24-45(4)40(38-22-18-32(26-37(49)21-17-31)27-39(38)42(50)33-13-7-5-8-14-33)23-25-46(45,52)30-48(43(51)47-36-15-9-6-10-16-36)29-34-19-20-35-28-41(34)44(35,2)3/h5-10,12-16,18,22,27,34-35,37,40-41,49,52H,11,17,19-21,23-26,28-30H2,1-4H3,(H,47,51)/t34-,35-,37-,40-,41-,45-,46+/m0/s1. The molecule has 3 aromatic rings. The first-order chi connectivity index (χ1) is 24.9. The minimum atomic E-state index is -1.18. The van der Waals surface area contributed by atoms with Gasteiger partial charge in [-0.1, -0.05) is 93.1 Å². The molecule has 6 heteroatoms. The normalized spacial score (nSPS) is 31.0. The Morgan fingerprint density at radius 3 is 2.35 bits per heavy atom. The minimum absolute atomic E-state index is 0.0323. The van der Waals surface area contributed by atoms with Gasteiger partial charge in [0, 0.05) is 28.8 Å². The smallest absolute Gasteiger partial charge is 0.321 e. The van der Waals surface area contributed by atoms with E-state index in [2.05, 4.69) is 51.2 Å². The van der Waals surface area contributed by atoms with Crippen LogP contribution in [0.5, 0.6) is 0 Å². The van der Waals surface area contributed by atoms with Gasteiger partial charge in [-0.15, -0.1) is 0 Å². The number of carbonyl (C=O) groups is 2. The van der Waals surface area contributed by atoms with Gasteiger partial charge in [0.05, 0.1) is 18.2 Å². The molecular weight excluding hydrogens is 645 g/mol. The molecule has 276 valence electrons. The quantitative estimate of drug-likeness (QED) is 0.169. The predicted octanol–water partition coefficient (Wildman–Crippen LogP) is 9.56. The van der Waals surface area contributed by atoms with Gasteiger partial charge in [0.15, 0.2) is 5.78 Å². The van der Waals surface area contributed by atoms with E-state index in [0.29, 0.717) is 61.6 Å². The van der Waals surface area contributed by atoms with Crippen LogP contribution in [-0.4, -0.2) is 51.7 Å². The molecule has 6 aliphatic carbocycles. The van der Waals surface area contributed by atoms with Gasteiger partial charge < -0.3 is 20.4 Å². The summed E-state index contributed by atoms with van der Waals surface area (Å²) < 4.78 is 0. The molecule has 6 nitrogen and oxygen atoms in total. The summed E-state index contributed by atoms with van der Waals surface area (Å²) in [7, 11) is 0. The van der Waals surface area contributed by atoms with Crippen LogP contribution in [0.15, 0.2) is 90.5 Å². The second-order valence-corrected chi connectivity index (χ2v) is 17.5. The van der Waals surface area contributed by atoms with Crippen molar-refractivity contribution >= 4 is 17.5 Å². The molecule has 52 heavy (non-hydrogen) atoms. The summed E-state index contributed by atoms with van der Waals surface area (Å²) in [6, 6.07) is 25.1. The van der Waals surface area contributed by atoms with E-state index in [0.717, 1.165) is 42.0 Å². The molecule has 3 N–H and O–H groups in total. The number of hydrogen-bond acceptors (Lipinski definition) is 4. The van der Waals surface area contributed by atoms with E-state index in [4.69, 9.17) is 0 Å². The molecule has 0 spiro atoms. The number of amides is 2. The van der Waals surface area contributed by atoms with Crippen molar-refractivity contribution in [3.05, 3.63) is 113 Å². The van der Waals surface area contributed by atoms with Gasteiger partial charge in [-0.25, -0.2) is 4.79 Å². The lowest BCUT2D eigenvalue weighted by Gasteiger charge is -2.60. The van der Waals surface area contributed by atoms with E-state index in [1.165, 1.54) is 18.4 Å². The van der Waals surface area contributed by atoms with E-state index in [9.17, 15) is 19.8 Å². The summed E-state index contributed by atoms with van der Waals surface area (Å²) in [4.78, 5) is 30.6. The molecule has 3 aromatic carbocycles. The number of allylic oxidation sites excluding steroid dienone is 2. The minimum Gasteiger partial charge on any atom is -0.393 e. The molecule has 9 rings (SSSR count). The van der Waals surface area contributed by atoms with Gasteiger partial charge in [-0.05, 0) is 130 Å². The number of hydrogen-bond donors (Lipinski definition) is 3. The number of anilines is 1. The van der Waals surface area contributed by atoms with E-state index in [1.807, 2.05) is 71.6 Å². The summed E-state index contributed by atoms with van der Waals surface area (Å²) in [6.07, 6.45) is 9.99. The molecule has 0 heterocycles. The van der Waals surface area contributed by atoms with Crippen LogP contribution in [0.25, 0.3) is 0 Å². The van der Waals surface area contributed by atoms with E-state index in [1.54, 1.807) is 0 Å². The average molecular weight is 703 g/mol. The van der Waals surface area contributed by atoms with Crippen molar-refractivity contribution in [2.45, 2.75) is 110 Å². The zero-order chi connectivity index (χ0) is 36.7. The van der Waals surface area contributed by atoms with Crippen molar-refractivity contribution in [1.82, 2.24) is 4.90 Å². The van der Waals surface area contributed by atoms with Gasteiger partial charge in [-0.2, -0.15) is 0 Å². The molecule has 4 saturated carbocycles. The highest BCUT2D eigenvalue weighted by atomic mass is 16.3. The maximum absolute atomic E-state index is 14.3. The van der Waals surface area contributed by atoms with Crippen LogP contribution in [0.1, 0.15) is 118 Å². The van der Waals surface area contributed by atoms with Gasteiger partial charge in [0.1, 0.15) is 0 Å². The first kappa shape index (κ1) is 36.6. The van der Waals surface area contributed by atoms with Crippen molar-refractivity contribution in [1.29, 1.82) is 0 Å². The summed E-state index contributed by atoms with van der Waals surface area (Å²) in [6.45, 7) is 10.00. The van der Waals surface area contributed by atoms with Crippen molar-refractivity contribution in [2.75, 3.05) is 18.4 Å². The highest BCUT2D eigenvalue weighted by Gasteiger charge is 2.59. The first-order valence-corrected chi connectivity index (χ1v) is 19.8. The van der Waals surface area contributed by atoms with Crippen molar-refractivity contribution in [2.24, 2.45) is 28.6 Å². The highest BCUT2D eigenvalue weighted by Crippen LogP contribution is 2.62. The van der Waals surface area contributed by atoms with Crippen LogP contribution >= 0.6 is 0 Å². The number of ketones is 1. The second kappa shape index (κ2) is 14.6. The monoisotopic (exact) mass is 702 g/mol. The molecular formula is C46H58N2O4. The third-order valence-corrected chi connectivity index (χ3v) is 14.2. The predicted molar refractivity (Wildman–Crippen MR) is 208 cm³/mol. The lowest BCUT2D eigenvalue weighted by Crippen LogP contribution is -2.58. The fraction of sp³-hybridized carbons (Fsp3) is 0.522. The van der Waals surface area contributed by atoms with Crippen molar-refractivity contribution in [3.8, 4) is 0 Å². The molecule has 0 aliphatic heterocycles. The Bertz CT molecular complexity index is 1780. The lowest BCUT2D eigenvalue weighted by molar-refractivity contribution is -0.117. The Morgan fingerprint density at radius 2 is 1.63 bits per heavy atom. The Kier molecular flexibility index (Phi) is 10.3. The van der Waals surface area contributed by atoms with E-state index < -0.39 is 17.1 Å². The molecule has 0 unspecified atom stereocenters. The number of para-hydroxylation sites is 1. The summed E-state index contributed by atoms with van der Waals surface area (Å²) >= 11 is 0. The fourth-order valence-corrected chi connectivity index (χ4v) is 10.7. The molecule has 4 fully saturated rings. The zero-order valence-corrected chi connectivity index (χ0v) is 31.6. The first-order valence-electron chi connectivity index (χ1n) is 19.8. The van der Waals surface area contributed by atoms with Crippen LogP contribution < -0.4 is 5.32 Å². The van der Waals surface area contributed by atoms with Gasteiger partial charge in [0.25, 0.3) is 0 Å². The van der Waals surface area contributed by atoms with Gasteiger partial charge in [0.2, 0.25) is 0 Å². The average Bonchev–Trinajstić information content (AvgIpc) is 3.39. The molecule has 6 aliphatic rings. The number of nitrogens with zero attached hydrogens (tertiary/aromatic N) is 1. The number of aliphatic hydroxyl groups excluding tert-OH is 1. The van der Waals surface area contributed by atoms with Gasteiger partial charge in [-0.3, -0.25) is 4.79 Å². The number of fused-ring (bicyclic) bond motifs is 10. The van der Waals surface area contributed by atoms with Crippen LogP contribution in [0.4, 0.5) is 10.5 Å². The fourth-order valence-electron chi connectivity index (χ4n) is 10.7. The van der Waals surface area contributed by atoms with E-state index in [-0.39, 0.29) is 29.7 Å². The third kappa shape index (κ3) is 7.01. The number of rotatable bonds is 7. The molecule has 4 bridgehead atoms. The molecule has 2 amide bonds. The maximum atomic E-state index is 14.3. The molecule has 0 radical (unpaired) electrons. The van der Waals surface area contributed by atoms with E-state index >= 15 is 0 Å². The van der Waals surface area contributed by atoms with Crippen LogP contribution in [0.2, 0.25) is 0 Å². The summed E-state index contributed by atoms with van der Waals surface area (Å²) in [5.41, 5.74) is 3.66. The third-order valence-electron chi connectivity index (χ3n) is 14.2. The topological polar surface area (TPSA) is 89.9 Å². The number of nitrogens with one attached hydrogen (secondary N) is 1. The number of urea groups is 1. The lowest BCUT2D eigenvalue weighted by atomic mass is 9.45. The molecule has 7 atom stereocenters. The maximum Gasteiger partial charge on any atom is 0.321 e. The Hall–Kier alpha value is -3.74. The Morgan fingerprint density at radius 1 is 0.904 bits per heavy atom. The summed E-state index contributed by atoms with van der Waals surface area (Å²) in [5, 5.41) is 27.3. The SMILES string of the molecule is CC1=CCC[C@@]2(C)[C@@H](CC[C@@]2(O)CN(C[C@@H]2CC[C@H]3C[C@@H]2C3(C)C)C(=O)Nc2ccccc2)c2ccc(cc2C(=O)c2ccccc2)C[C@@H](O)CC1. The van der Waals surface area contributed by atoms with Crippen LogP contribution in [0, 0.1) is 28.6 Å². The van der Waals surface area contributed by atoms with Crippen LogP contribution in [0.3, 0.4) is 0 Å². The number of aliphatic hydroxyl groups is 2.